The molecule has 0 saturated heterocycles. The van der Waals surface area contributed by atoms with E-state index in [1.165, 1.54) is 4.90 Å². The quantitative estimate of drug-likeness (QED) is 0.460. The van der Waals surface area contributed by atoms with Crippen LogP contribution < -0.4 is 5.32 Å². The molecule has 6 heteroatoms. The minimum absolute atomic E-state index is 0.181. The molecule has 0 aromatic carbocycles. The lowest BCUT2D eigenvalue weighted by molar-refractivity contribution is -0.142. The number of carbonyl (C=O) groups excluding carboxylic acids is 1. The van der Waals surface area contributed by atoms with Crippen molar-refractivity contribution < 1.29 is 19.4 Å². The first-order valence-corrected chi connectivity index (χ1v) is 4.47. The molecule has 86 valence electrons. The topological polar surface area (TPSA) is 78.9 Å². The molecule has 6 nitrogen and oxygen atoms in total. The van der Waals surface area contributed by atoms with Gasteiger partial charge in [-0.1, -0.05) is 6.08 Å². The van der Waals surface area contributed by atoms with Crippen molar-refractivity contribution in [3.05, 3.63) is 12.7 Å². The van der Waals surface area contributed by atoms with Crippen molar-refractivity contribution in [3.8, 4) is 0 Å². The fraction of sp³-hybridized carbons (Fsp3) is 0.556. The van der Waals surface area contributed by atoms with Crippen LogP contribution in [0, 0.1) is 0 Å². The molecule has 0 rings (SSSR count). The first-order chi connectivity index (χ1) is 7.07. The highest BCUT2D eigenvalue weighted by Crippen LogP contribution is 1.83. The van der Waals surface area contributed by atoms with Crippen LogP contribution in [0.25, 0.3) is 0 Å². The molecule has 0 aromatic heterocycles. The molecule has 0 heterocycles. The Morgan fingerprint density at radius 3 is 2.80 bits per heavy atom. The Morgan fingerprint density at radius 1 is 1.60 bits per heavy atom. The van der Waals surface area contributed by atoms with Gasteiger partial charge in [0.05, 0.1) is 6.61 Å². The van der Waals surface area contributed by atoms with E-state index in [1.54, 1.807) is 13.1 Å². The van der Waals surface area contributed by atoms with E-state index in [-0.39, 0.29) is 25.8 Å². The summed E-state index contributed by atoms with van der Waals surface area (Å²) in [5.74, 6) is -1.02. The van der Waals surface area contributed by atoms with Crippen LogP contribution in [0.4, 0.5) is 4.79 Å². The molecule has 0 aromatic rings. The molecule has 0 saturated carbocycles. The summed E-state index contributed by atoms with van der Waals surface area (Å²) in [6, 6.07) is -0.242. The molecule has 0 fully saturated rings. The number of carboxylic acid groups (broad SMARTS) is 1. The summed E-state index contributed by atoms with van der Waals surface area (Å²) < 4.78 is 4.73. The number of rotatable bonds is 7. The fourth-order valence-electron chi connectivity index (χ4n) is 0.801. The van der Waals surface area contributed by atoms with Crippen molar-refractivity contribution in [2.45, 2.75) is 0 Å². The number of amides is 2. The number of ether oxygens (including phenoxy) is 1. The molecule has 0 unspecified atom stereocenters. The van der Waals surface area contributed by atoms with E-state index >= 15 is 0 Å². The third-order valence-electron chi connectivity index (χ3n) is 1.50. The van der Waals surface area contributed by atoms with Gasteiger partial charge in [-0.25, -0.2) is 9.59 Å². The number of carboxylic acids is 1. The van der Waals surface area contributed by atoms with Gasteiger partial charge < -0.3 is 20.1 Å². The van der Waals surface area contributed by atoms with Gasteiger partial charge in [0, 0.05) is 20.1 Å². The normalized spacial score (nSPS) is 9.40. The van der Waals surface area contributed by atoms with Crippen LogP contribution in [-0.4, -0.2) is 55.4 Å². The monoisotopic (exact) mass is 216 g/mol. The Kier molecular flexibility index (Phi) is 7.00. The van der Waals surface area contributed by atoms with Gasteiger partial charge in [0.15, 0.2) is 0 Å². The van der Waals surface area contributed by atoms with Gasteiger partial charge in [0.1, 0.15) is 6.61 Å². The maximum atomic E-state index is 11.2. The van der Waals surface area contributed by atoms with E-state index in [4.69, 9.17) is 9.84 Å². The third-order valence-corrected chi connectivity index (χ3v) is 1.50. The highest BCUT2D eigenvalue weighted by atomic mass is 16.5. The summed E-state index contributed by atoms with van der Waals surface area (Å²) in [6.07, 6.45) is 1.61. The Bertz CT molecular complexity index is 230. The number of urea groups is 1. The zero-order valence-electron chi connectivity index (χ0n) is 8.73. The second-order valence-corrected chi connectivity index (χ2v) is 2.85. The maximum absolute atomic E-state index is 11.2. The number of hydrogen-bond donors (Lipinski definition) is 2. The molecule has 0 aliphatic carbocycles. The molecule has 0 atom stereocenters. The van der Waals surface area contributed by atoms with Gasteiger partial charge in [-0.3, -0.25) is 0 Å². The third kappa shape index (κ3) is 7.51. The SMILES string of the molecule is C=CCN(C)C(=O)NCCOCC(=O)O. The van der Waals surface area contributed by atoms with Crippen LogP contribution in [0.3, 0.4) is 0 Å². The van der Waals surface area contributed by atoms with Crippen LogP contribution in [0.15, 0.2) is 12.7 Å². The molecule has 0 spiro atoms. The van der Waals surface area contributed by atoms with Crippen LogP contribution in [0.2, 0.25) is 0 Å². The van der Waals surface area contributed by atoms with Crippen LogP contribution >= 0.6 is 0 Å². The van der Waals surface area contributed by atoms with Crippen molar-refractivity contribution >= 4 is 12.0 Å². The Labute approximate surface area is 88.5 Å². The molecule has 2 amide bonds. The van der Waals surface area contributed by atoms with Crippen molar-refractivity contribution in [2.75, 3.05) is 33.4 Å². The van der Waals surface area contributed by atoms with Crippen LogP contribution in [0.1, 0.15) is 0 Å². The average molecular weight is 216 g/mol. The molecule has 15 heavy (non-hydrogen) atoms. The van der Waals surface area contributed by atoms with Crippen molar-refractivity contribution in [1.82, 2.24) is 10.2 Å². The van der Waals surface area contributed by atoms with Gasteiger partial charge in [0.2, 0.25) is 0 Å². The number of aliphatic carboxylic acids is 1. The molecule has 0 aliphatic heterocycles. The second-order valence-electron chi connectivity index (χ2n) is 2.85. The smallest absolute Gasteiger partial charge is 0.329 e. The summed E-state index contributed by atoms with van der Waals surface area (Å²) in [5, 5.41) is 10.8. The first kappa shape index (κ1) is 13.4. The average Bonchev–Trinajstić information content (AvgIpc) is 2.16. The molecular weight excluding hydrogens is 200 g/mol. The Balaban J connectivity index is 3.46. The van der Waals surface area contributed by atoms with Crippen molar-refractivity contribution in [1.29, 1.82) is 0 Å². The van der Waals surface area contributed by atoms with Crippen LogP contribution in [0.5, 0.6) is 0 Å². The Hall–Kier alpha value is -1.56. The van der Waals surface area contributed by atoms with Gasteiger partial charge in [-0.2, -0.15) is 0 Å². The lowest BCUT2D eigenvalue weighted by atomic mass is 10.5. The fourth-order valence-corrected chi connectivity index (χ4v) is 0.801. The first-order valence-electron chi connectivity index (χ1n) is 4.47. The number of nitrogens with zero attached hydrogens (tertiary/aromatic N) is 1. The number of hydrogen-bond acceptors (Lipinski definition) is 3. The lowest BCUT2D eigenvalue weighted by Crippen LogP contribution is -2.38. The second kappa shape index (κ2) is 7.81. The van der Waals surface area contributed by atoms with Gasteiger partial charge in [-0.15, -0.1) is 6.58 Å². The van der Waals surface area contributed by atoms with E-state index in [2.05, 4.69) is 11.9 Å². The summed E-state index contributed by atoms with van der Waals surface area (Å²) in [7, 11) is 1.63. The Morgan fingerprint density at radius 2 is 2.27 bits per heavy atom. The maximum Gasteiger partial charge on any atom is 0.329 e. The van der Waals surface area contributed by atoms with E-state index in [9.17, 15) is 9.59 Å². The number of likely N-dealkylation sites (N-methyl/N-ethyl adjacent to an activating group) is 1. The molecule has 0 radical (unpaired) electrons. The summed E-state index contributed by atoms with van der Waals surface area (Å²) >= 11 is 0. The summed E-state index contributed by atoms with van der Waals surface area (Å²) in [5.41, 5.74) is 0. The molecule has 2 N–H and O–H groups in total. The molecule has 0 bridgehead atoms. The van der Waals surface area contributed by atoms with Crippen molar-refractivity contribution in [2.24, 2.45) is 0 Å². The van der Waals surface area contributed by atoms with E-state index in [0.29, 0.717) is 6.54 Å². The largest absolute Gasteiger partial charge is 0.480 e. The summed E-state index contributed by atoms with van der Waals surface area (Å²) in [4.78, 5) is 22.7. The predicted molar refractivity (Wildman–Crippen MR) is 54.7 cm³/mol. The predicted octanol–water partition coefficient (Wildman–Crippen LogP) is -0.0850. The zero-order valence-corrected chi connectivity index (χ0v) is 8.73. The van der Waals surface area contributed by atoms with E-state index < -0.39 is 5.97 Å². The lowest BCUT2D eigenvalue weighted by Gasteiger charge is -2.15. The minimum atomic E-state index is -1.02. The van der Waals surface area contributed by atoms with Crippen molar-refractivity contribution in [3.63, 3.8) is 0 Å². The highest BCUT2D eigenvalue weighted by molar-refractivity contribution is 5.73. The highest BCUT2D eigenvalue weighted by Gasteiger charge is 2.04. The van der Waals surface area contributed by atoms with Gasteiger partial charge in [-0.05, 0) is 0 Å². The molecular formula is C9H16N2O4. The minimum Gasteiger partial charge on any atom is -0.480 e. The van der Waals surface area contributed by atoms with E-state index in [0.717, 1.165) is 0 Å². The van der Waals surface area contributed by atoms with Gasteiger partial charge in [0.25, 0.3) is 0 Å². The number of nitrogens with one attached hydrogen (secondary N) is 1. The summed E-state index contributed by atoms with van der Waals surface area (Å²) in [6.45, 7) is 4.08. The standard InChI is InChI=1S/C9H16N2O4/c1-3-5-11(2)9(14)10-4-6-15-7-8(12)13/h3H,1,4-7H2,2H3,(H,10,14)(H,12,13). The molecule has 0 aliphatic rings. The number of carbonyl (C=O) groups is 2. The van der Waals surface area contributed by atoms with E-state index in [1.807, 2.05) is 0 Å². The van der Waals surface area contributed by atoms with Gasteiger partial charge >= 0.3 is 12.0 Å². The van der Waals surface area contributed by atoms with Crippen LogP contribution in [-0.2, 0) is 9.53 Å². The zero-order chi connectivity index (χ0) is 11.7.